The fourth-order valence-electron chi connectivity index (χ4n) is 2.03. The first kappa shape index (κ1) is 18.1. The summed E-state index contributed by atoms with van der Waals surface area (Å²) in [6.07, 6.45) is 10.3. The highest BCUT2D eigenvalue weighted by Gasteiger charge is 2.02. The Kier molecular flexibility index (Phi) is 10.6. The van der Waals surface area contributed by atoms with Gasteiger partial charge in [-0.3, -0.25) is 0 Å². The third-order valence-corrected chi connectivity index (χ3v) is 4.29. The van der Waals surface area contributed by atoms with Gasteiger partial charge >= 0.3 is 0 Å². The van der Waals surface area contributed by atoms with E-state index in [4.69, 9.17) is 27.9 Å². The van der Waals surface area contributed by atoms with Crippen molar-refractivity contribution in [3.8, 4) is 5.75 Å². The lowest BCUT2D eigenvalue weighted by Crippen LogP contribution is -1.97. The molecule has 0 aliphatic rings. The molecule has 0 bridgehead atoms. The molecule has 0 N–H and O–H groups in total. The van der Waals surface area contributed by atoms with Crippen LogP contribution < -0.4 is 4.74 Å². The van der Waals surface area contributed by atoms with Gasteiger partial charge in [0.25, 0.3) is 0 Å². The maximum Gasteiger partial charge on any atom is 0.139 e. The minimum atomic E-state index is 0.626. The summed E-state index contributed by atoms with van der Waals surface area (Å²) < 4.78 is 5.66. The summed E-state index contributed by atoms with van der Waals surface area (Å²) in [6, 6.07) is 5.31. The molecule has 0 radical (unpaired) electrons. The smallest absolute Gasteiger partial charge is 0.139 e. The van der Waals surface area contributed by atoms with Crippen LogP contribution in [0.2, 0.25) is 10.0 Å². The number of halogens is 3. The first-order valence-corrected chi connectivity index (χ1v) is 9.25. The van der Waals surface area contributed by atoms with E-state index < -0.39 is 0 Å². The molecule has 1 aromatic rings. The van der Waals surface area contributed by atoms with Gasteiger partial charge in [0.2, 0.25) is 0 Å². The third-order valence-electron chi connectivity index (χ3n) is 3.18. The Morgan fingerprint density at radius 3 is 2.10 bits per heavy atom. The predicted octanol–water partition coefficient (Wildman–Crippen LogP) is 6.89. The summed E-state index contributed by atoms with van der Waals surface area (Å²) in [4.78, 5) is 0. The number of alkyl halides is 1. The van der Waals surface area contributed by atoms with Crippen LogP contribution >= 0.6 is 39.1 Å². The van der Waals surface area contributed by atoms with E-state index in [1.807, 2.05) is 0 Å². The molecule has 0 aromatic heterocycles. The lowest BCUT2D eigenvalue weighted by atomic mass is 10.1. The fourth-order valence-corrected chi connectivity index (χ4v) is 2.76. The Morgan fingerprint density at radius 1 is 0.850 bits per heavy atom. The lowest BCUT2D eigenvalue weighted by Gasteiger charge is -2.08. The van der Waals surface area contributed by atoms with E-state index in [1.54, 1.807) is 18.2 Å². The number of hydrogen-bond acceptors (Lipinski definition) is 1. The van der Waals surface area contributed by atoms with Gasteiger partial charge in [0.15, 0.2) is 0 Å². The van der Waals surface area contributed by atoms with Crippen molar-refractivity contribution < 1.29 is 4.74 Å². The lowest BCUT2D eigenvalue weighted by molar-refractivity contribution is 0.304. The summed E-state index contributed by atoms with van der Waals surface area (Å²) in [5.41, 5.74) is 0. The average Bonchev–Trinajstić information content (AvgIpc) is 2.44. The van der Waals surface area contributed by atoms with Crippen molar-refractivity contribution in [2.45, 2.75) is 51.4 Å². The normalized spacial score (nSPS) is 10.8. The highest BCUT2D eigenvalue weighted by atomic mass is 79.9. The SMILES string of the molecule is Clc1ccc(Cl)c(OCCCCCCCCCCBr)c1. The molecule has 0 atom stereocenters. The number of unbranched alkanes of at least 4 members (excludes halogenated alkanes) is 7. The molecule has 1 rings (SSSR count). The van der Waals surface area contributed by atoms with E-state index in [-0.39, 0.29) is 0 Å². The van der Waals surface area contributed by atoms with Crippen LogP contribution in [-0.4, -0.2) is 11.9 Å². The summed E-state index contributed by atoms with van der Waals surface area (Å²) in [5.74, 6) is 0.689. The molecular formula is C16H23BrCl2O. The van der Waals surface area contributed by atoms with Crippen LogP contribution in [0.15, 0.2) is 18.2 Å². The molecule has 20 heavy (non-hydrogen) atoms. The highest BCUT2D eigenvalue weighted by molar-refractivity contribution is 9.09. The molecule has 0 spiro atoms. The molecule has 0 amide bonds. The van der Waals surface area contributed by atoms with E-state index >= 15 is 0 Å². The molecular weight excluding hydrogens is 359 g/mol. The van der Waals surface area contributed by atoms with E-state index in [2.05, 4.69) is 15.9 Å². The van der Waals surface area contributed by atoms with E-state index in [0.717, 1.165) is 11.8 Å². The quantitative estimate of drug-likeness (QED) is 0.299. The molecule has 0 saturated heterocycles. The summed E-state index contributed by atoms with van der Waals surface area (Å²) in [7, 11) is 0. The molecule has 0 fully saturated rings. The molecule has 1 aromatic carbocycles. The van der Waals surface area contributed by atoms with Crippen LogP contribution in [0.1, 0.15) is 51.4 Å². The molecule has 0 unspecified atom stereocenters. The van der Waals surface area contributed by atoms with Crippen molar-refractivity contribution in [3.05, 3.63) is 28.2 Å². The van der Waals surface area contributed by atoms with Crippen molar-refractivity contribution in [2.24, 2.45) is 0 Å². The van der Waals surface area contributed by atoms with Gasteiger partial charge in [0.05, 0.1) is 11.6 Å². The van der Waals surface area contributed by atoms with Crippen LogP contribution in [-0.2, 0) is 0 Å². The van der Waals surface area contributed by atoms with Gasteiger partial charge in [-0.15, -0.1) is 0 Å². The van der Waals surface area contributed by atoms with Crippen LogP contribution in [0.25, 0.3) is 0 Å². The Balaban J connectivity index is 1.98. The van der Waals surface area contributed by atoms with E-state index in [1.165, 1.54) is 44.9 Å². The summed E-state index contributed by atoms with van der Waals surface area (Å²) >= 11 is 15.4. The molecule has 0 aliphatic carbocycles. The molecule has 1 nitrogen and oxygen atoms in total. The van der Waals surface area contributed by atoms with Crippen LogP contribution in [0.5, 0.6) is 5.75 Å². The topological polar surface area (TPSA) is 9.23 Å². The summed E-state index contributed by atoms with van der Waals surface area (Å²) in [6.45, 7) is 0.712. The Labute approximate surface area is 141 Å². The number of ether oxygens (including phenoxy) is 1. The van der Waals surface area contributed by atoms with Gasteiger partial charge in [-0.25, -0.2) is 0 Å². The van der Waals surface area contributed by atoms with Crippen molar-refractivity contribution in [1.82, 2.24) is 0 Å². The van der Waals surface area contributed by atoms with Gasteiger partial charge in [0, 0.05) is 16.4 Å². The first-order valence-electron chi connectivity index (χ1n) is 7.38. The molecule has 114 valence electrons. The van der Waals surface area contributed by atoms with E-state index in [0.29, 0.717) is 22.4 Å². The molecule has 4 heteroatoms. The van der Waals surface area contributed by atoms with Gasteiger partial charge in [-0.2, -0.15) is 0 Å². The van der Waals surface area contributed by atoms with Crippen molar-refractivity contribution >= 4 is 39.1 Å². The summed E-state index contributed by atoms with van der Waals surface area (Å²) in [5, 5.41) is 2.42. The average molecular weight is 382 g/mol. The minimum absolute atomic E-state index is 0.626. The maximum absolute atomic E-state index is 6.03. The van der Waals surface area contributed by atoms with Gasteiger partial charge < -0.3 is 4.74 Å². The van der Waals surface area contributed by atoms with Crippen molar-refractivity contribution in [2.75, 3.05) is 11.9 Å². The largest absolute Gasteiger partial charge is 0.492 e. The second kappa shape index (κ2) is 11.7. The van der Waals surface area contributed by atoms with Gasteiger partial charge in [-0.1, -0.05) is 77.7 Å². The molecule has 0 aliphatic heterocycles. The second-order valence-corrected chi connectivity index (χ2v) is 6.58. The number of rotatable bonds is 11. The van der Waals surface area contributed by atoms with Crippen molar-refractivity contribution in [1.29, 1.82) is 0 Å². The second-order valence-electron chi connectivity index (χ2n) is 4.94. The standard InChI is InChI=1S/C16H23BrCl2O/c17-11-7-5-3-1-2-4-6-8-12-20-16-13-14(18)9-10-15(16)19/h9-10,13H,1-8,11-12H2. The zero-order valence-electron chi connectivity index (χ0n) is 11.8. The zero-order chi connectivity index (χ0) is 14.6. The highest BCUT2D eigenvalue weighted by Crippen LogP contribution is 2.27. The van der Waals surface area contributed by atoms with Crippen LogP contribution in [0, 0.1) is 0 Å². The molecule has 0 heterocycles. The van der Waals surface area contributed by atoms with E-state index in [9.17, 15) is 0 Å². The number of hydrogen-bond donors (Lipinski definition) is 0. The maximum atomic E-state index is 6.03. The monoisotopic (exact) mass is 380 g/mol. The minimum Gasteiger partial charge on any atom is -0.492 e. The van der Waals surface area contributed by atoms with Crippen LogP contribution in [0.4, 0.5) is 0 Å². The third kappa shape index (κ3) is 8.39. The Hall–Kier alpha value is 0.0800. The number of benzene rings is 1. The molecule has 0 saturated carbocycles. The van der Waals surface area contributed by atoms with Gasteiger partial charge in [-0.05, 0) is 25.0 Å². The first-order chi connectivity index (χ1) is 9.74. The van der Waals surface area contributed by atoms with Crippen LogP contribution in [0.3, 0.4) is 0 Å². The zero-order valence-corrected chi connectivity index (χ0v) is 14.9. The fraction of sp³-hybridized carbons (Fsp3) is 0.625. The Bertz CT molecular complexity index is 371. The Morgan fingerprint density at radius 2 is 1.45 bits per heavy atom. The predicted molar refractivity (Wildman–Crippen MR) is 92.7 cm³/mol. The van der Waals surface area contributed by atoms with Gasteiger partial charge in [0.1, 0.15) is 5.75 Å². The van der Waals surface area contributed by atoms with Crippen molar-refractivity contribution in [3.63, 3.8) is 0 Å².